The van der Waals surface area contributed by atoms with Gasteiger partial charge in [0, 0.05) is 69.5 Å². The number of aromatic nitrogens is 4. The van der Waals surface area contributed by atoms with Crippen LogP contribution >= 0.6 is 0 Å². The summed E-state index contributed by atoms with van der Waals surface area (Å²) in [6, 6.07) is 12.4. The standard InChI is InChI=1S/C32H34F2N6O4/c1-19-12-21(16-36-28(19)32(42)35-3)29-20(2)27(40(38-29)24-8-6-5-7-9-24)15-25(41)13-23-18-39(10-11-43-4)44-30(23)22-14-26(33)31(34)37-17-22/h5-9,12,14,16-17,23,30H,10-11,13,15,18H2,1-4H3,(H,35,42)/t23-,30+/m1/s1. The average Bonchev–Trinajstić information content (AvgIpc) is 3.57. The van der Waals surface area contributed by atoms with Crippen LogP contribution in [0.5, 0.6) is 0 Å². The maximum Gasteiger partial charge on any atom is 0.269 e. The van der Waals surface area contributed by atoms with Gasteiger partial charge in [-0.3, -0.25) is 19.4 Å². The van der Waals surface area contributed by atoms with Gasteiger partial charge < -0.3 is 10.1 Å². The Balaban J connectivity index is 1.45. The number of nitrogens with zero attached hydrogens (tertiary/aromatic N) is 5. The number of carbonyl (C=O) groups excluding carboxylic acids is 2. The molecule has 3 aromatic heterocycles. The van der Waals surface area contributed by atoms with E-state index in [-0.39, 0.29) is 30.4 Å². The lowest BCUT2D eigenvalue weighted by molar-refractivity contribution is -0.155. The molecule has 1 amide bonds. The Kier molecular flexibility index (Phi) is 9.52. The number of ether oxygens (including phenoxy) is 1. The predicted molar refractivity (Wildman–Crippen MR) is 158 cm³/mol. The van der Waals surface area contributed by atoms with Gasteiger partial charge in [-0.15, -0.1) is 0 Å². The van der Waals surface area contributed by atoms with Crippen molar-refractivity contribution in [1.82, 2.24) is 30.1 Å². The average molecular weight is 605 g/mol. The summed E-state index contributed by atoms with van der Waals surface area (Å²) in [6.45, 7) is 4.98. The number of pyridine rings is 2. The Morgan fingerprint density at radius 2 is 1.89 bits per heavy atom. The largest absolute Gasteiger partial charge is 0.383 e. The Morgan fingerprint density at radius 1 is 1.11 bits per heavy atom. The second-order valence-corrected chi connectivity index (χ2v) is 10.8. The molecule has 1 N–H and O–H groups in total. The van der Waals surface area contributed by atoms with E-state index >= 15 is 0 Å². The van der Waals surface area contributed by atoms with Gasteiger partial charge in [0.15, 0.2) is 5.82 Å². The van der Waals surface area contributed by atoms with E-state index in [1.54, 1.807) is 30.1 Å². The molecule has 4 aromatic rings. The monoisotopic (exact) mass is 604 g/mol. The fraction of sp³-hybridized carbons (Fsp3) is 0.344. The molecule has 1 fully saturated rings. The molecule has 10 nitrogen and oxygen atoms in total. The third-order valence-electron chi connectivity index (χ3n) is 7.71. The van der Waals surface area contributed by atoms with Crippen molar-refractivity contribution in [1.29, 1.82) is 0 Å². The molecule has 0 unspecified atom stereocenters. The molecule has 44 heavy (non-hydrogen) atoms. The Morgan fingerprint density at radius 3 is 2.57 bits per heavy atom. The molecule has 0 radical (unpaired) electrons. The van der Waals surface area contributed by atoms with Gasteiger partial charge in [-0.25, -0.2) is 14.1 Å². The number of amides is 1. The van der Waals surface area contributed by atoms with Crippen molar-refractivity contribution in [3.63, 3.8) is 0 Å². The fourth-order valence-corrected chi connectivity index (χ4v) is 5.49. The van der Waals surface area contributed by atoms with Crippen LogP contribution in [0, 0.1) is 31.5 Å². The van der Waals surface area contributed by atoms with Gasteiger partial charge in [-0.05, 0) is 49.2 Å². The van der Waals surface area contributed by atoms with Crippen molar-refractivity contribution in [2.75, 3.05) is 33.9 Å². The van der Waals surface area contributed by atoms with Crippen molar-refractivity contribution in [2.45, 2.75) is 32.8 Å². The predicted octanol–water partition coefficient (Wildman–Crippen LogP) is 4.34. The first-order chi connectivity index (χ1) is 21.2. The molecular formula is C32H34F2N6O4. The van der Waals surface area contributed by atoms with E-state index in [4.69, 9.17) is 14.7 Å². The van der Waals surface area contributed by atoms with E-state index in [0.29, 0.717) is 47.9 Å². The second kappa shape index (κ2) is 13.5. The molecule has 1 aromatic carbocycles. The summed E-state index contributed by atoms with van der Waals surface area (Å²) < 4.78 is 34.6. The van der Waals surface area contributed by atoms with Crippen LogP contribution in [0.2, 0.25) is 0 Å². The Hall–Kier alpha value is -4.39. The fourth-order valence-electron chi connectivity index (χ4n) is 5.49. The molecule has 1 saturated heterocycles. The minimum atomic E-state index is -1.19. The first kappa shape index (κ1) is 31.0. The minimum Gasteiger partial charge on any atom is -0.383 e. The lowest BCUT2D eigenvalue weighted by Crippen LogP contribution is -2.24. The van der Waals surface area contributed by atoms with E-state index < -0.39 is 17.9 Å². The zero-order valence-electron chi connectivity index (χ0n) is 25.0. The highest BCUT2D eigenvalue weighted by atomic mass is 19.2. The van der Waals surface area contributed by atoms with Crippen LogP contribution in [0.15, 0.2) is 54.9 Å². The molecule has 5 rings (SSSR count). The zero-order chi connectivity index (χ0) is 31.4. The molecule has 4 heterocycles. The zero-order valence-corrected chi connectivity index (χ0v) is 25.0. The molecule has 1 aliphatic rings. The lowest BCUT2D eigenvalue weighted by atomic mass is 9.91. The highest BCUT2D eigenvalue weighted by molar-refractivity contribution is 5.93. The number of rotatable bonds is 11. The first-order valence-electron chi connectivity index (χ1n) is 14.3. The van der Waals surface area contributed by atoms with Crippen LogP contribution in [-0.4, -0.2) is 70.4 Å². The molecule has 1 aliphatic heterocycles. The minimum absolute atomic E-state index is 0.0660. The molecule has 0 saturated carbocycles. The molecule has 12 heteroatoms. The smallest absolute Gasteiger partial charge is 0.269 e. The Labute approximate surface area is 254 Å². The van der Waals surface area contributed by atoms with Gasteiger partial charge >= 0.3 is 0 Å². The maximum absolute atomic E-state index is 14.1. The number of aryl methyl sites for hydroxylation is 1. The Bertz CT molecular complexity index is 1660. The summed E-state index contributed by atoms with van der Waals surface area (Å²) in [5, 5.41) is 9.17. The van der Waals surface area contributed by atoms with Gasteiger partial charge in [-0.2, -0.15) is 14.6 Å². The highest BCUT2D eigenvalue weighted by Crippen LogP contribution is 2.37. The summed E-state index contributed by atoms with van der Waals surface area (Å²) in [6.07, 6.45) is 2.38. The van der Waals surface area contributed by atoms with Crippen LogP contribution in [0.1, 0.15) is 45.4 Å². The van der Waals surface area contributed by atoms with Crippen LogP contribution < -0.4 is 5.32 Å². The summed E-state index contributed by atoms with van der Waals surface area (Å²) in [5.41, 5.74) is 5.07. The van der Waals surface area contributed by atoms with E-state index in [9.17, 15) is 18.4 Å². The van der Waals surface area contributed by atoms with Crippen LogP contribution in [0.4, 0.5) is 8.78 Å². The summed E-state index contributed by atoms with van der Waals surface area (Å²) in [7, 11) is 3.13. The number of carbonyl (C=O) groups is 2. The molecule has 0 bridgehead atoms. The van der Waals surface area contributed by atoms with Crippen molar-refractivity contribution >= 4 is 11.7 Å². The van der Waals surface area contributed by atoms with Crippen molar-refractivity contribution < 1.29 is 27.9 Å². The highest BCUT2D eigenvalue weighted by Gasteiger charge is 2.37. The number of nitrogens with one attached hydrogen (secondary N) is 1. The van der Waals surface area contributed by atoms with Crippen molar-refractivity contribution in [3.05, 3.63) is 94.7 Å². The molecule has 0 aliphatic carbocycles. The van der Waals surface area contributed by atoms with Crippen LogP contribution in [0.3, 0.4) is 0 Å². The number of hydrogen-bond acceptors (Lipinski definition) is 8. The number of Topliss-reactive ketones (excluding diaryl/α,β-unsaturated/α-hetero) is 1. The third kappa shape index (κ3) is 6.57. The van der Waals surface area contributed by atoms with Crippen molar-refractivity contribution in [3.8, 4) is 16.9 Å². The SMILES string of the molecule is CNC(=O)c1ncc(-c2nn(-c3ccccc3)c(CC(=O)C[C@@H]3CN(CCOC)O[C@H]3c3cnc(F)c(F)c3)c2C)cc1C. The number of para-hydroxylation sites is 1. The normalized spacial score (nSPS) is 16.8. The summed E-state index contributed by atoms with van der Waals surface area (Å²) in [5.74, 6) is -2.94. The van der Waals surface area contributed by atoms with Gasteiger partial charge in [0.1, 0.15) is 17.6 Å². The number of hydroxylamine groups is 2. The quantitative estimate of drug-likeness (QED) is 0.252. The maximum atomic E-state index is 14.1. The van der Waals surface area contributed by atoms with E-state index in [0.717, 1.165) is 22.9 Å². The van der Waals surface area contributed by atoms with Gasteiger partial charge in [-0.1, -0.05) is 18.2 Å². The van der Waals surface area contributed by atoms with Crippen LogP contribution in [-0.2, 0) is 20.8 Å². The van der Waals surface area contributed by atoms with Crippen LogP contribution in [0.25, 0.3) is 16.9 Å². The number of benzene rings is 1. The van der Waals surface area contributed by atoms with E-state index in [2.05, 4.69) is 15.3 Å². The molecule has 0 spiro atoms. The summed E-state index contributed by atoms with van der Waals surface area (Å²) >= 11 is 0. The number of methoxy groups -OCH3 is 1. The summed E-state index contributed by atoms with van der Waals surface area (Å²) in [4.78, 5) is 39.9. The third-order valence-corrected chi connectivity index (χ3v) is 7.71. The lowest BCUT2D eigenvalue weighted by Gasteiger charge is -2.17. The van der Waals surface area contributed by atoms with Gasteiger partial charge in [0.05, 0.1) is 23.7 Å². The van der Waals surface area contributed by atoms with E-state index in [1.165, 1.54) is 6.20 Å². The number of hydrogen-bond donors (Lipinski definition) is 1. The second-order valence-electron chi connectivity index (χ2n) is 10.8. The molecule has 230 valence electrons. The number of ketones is 1. The topological polar surface area (TPSA) is 111 Å². The first-order valence-corrected chi connectivity index (χ1v) is 14.3. The van der Waals surface area contributed by atoms with Crippen molar-refractivity contribution in [2.24, 2.45) is 5.92 Å². The number of halogens is 2. The molecular weight excluding hydrogens is 570 g/mol. The van der Waals surface area contributed by atoms with E-state index in [1.807, 2.05) is 50.2 Å². The molecule has 2 atom stereocenters. The van der Waals surface area contributed by atoms with Gasteiger partial charge in [0.2, 0.25) is 5.95 Å². The van der Waals surface area contributed by atoms with Gasteiger partial charge in [0.25, 0.3) is 5.91 Å².